The molecule has 0 saturated heterocycles. The summed E-state index contributed by atoms with van der Waals surface area (Å²) in [4.78, 5) is 4.18. The molecule has 1 aromatic heterocycles. The average molecular weight is 301 g/mol. The van der Waals surface area contributed by atoms with Gasteiger partial charge in [-0.05, 0) is 6.92 Å². The molecule has 0 amide bonds. The fourth-order valence-electron chi connectivity index (χ4n) is 1.27. The van der Waals surface area contributed by atoms with Crippen molar-refractivity contribution in [3.05, 3.63) is 16.1 Å². The Labute approximate surface area is 111 Å². The molecule has 110 valence electrons. The Bertz CT molecular complexity index is 389. The normalized spacial score (nSPS) is 14.1. The van der Waals surface area contributed by atoms with Gasteiger partial charge in [-0.3, -0.25) is 11.3 Å². The predicted molar refractivity (Wildman–Crippen MR) is 63.4 cm³/mol. The first-order valence-corrected chi connectivity index (χ1v) is 6.34. The molecule has 1 heterocycles. The van der Waals surface area contributed by atoms with Crippen molar-refractivity contribution in [3.63, 3.8) is 0 Å². The highest BCUT2D eigenvalue weighted by Gasteiger charge is 2.41. The Morgan fingerprint density at radius 3 is 2.68 bits per heavy atom. The Kier molecular flexibility index (Phi) is 6.11. The number of nitrogens with two attached hydrogens (primary N) is 1. The lowest BCUT2D eigenvalue weighted by Crippen LogP contribution is -2.42. The van der Waals surface area contributed by atoms with E-state index in [1.54, 1.807) is 0 Å². The van der Waals surface area contributed by atoms with Gasteiger partial charge in [0.15, 0.2) is 0 Å². The minimum absolute atomic E-state index is 0.197. The second-order valence-electron chi connectivity index (χ2n) is 4.03. The smallest absolute Gasteiger partial charge is 0.330 e. The molecule has 0 saturated carbocycles. The number of ether oxygens (including phenoxy) is 1. The number of hydrazine groups is 1. The van der Waals surface area contributed by atoms with Crippen molar-refractivity contribution in [1.82, 2.24) is 10.4 Å². The third-order valence-corrected chi connectivity index (χ3v) is 3.25. The first kappa shape index (κ1) is 16.3. The minimum Gasteiger partial charge on any atom is -0.373 e. The standard InChI is InChI=1S/C10H15F4N3OS/c1-6-4-19-8(16-6)2-7(17-15)3-18-5-10(13,14)9(11)12/h4,7,9,17H,2-3,5,15H2,1H3. The van der Waals surface area contributed by atoms with Crippen LogP contribution in [0.2, 0.25) is 0 Å². The van der Waals surface area contributed by atoms with E-state index in [1.165, 1.54) is 11.3 Å². The van der Waals surface area contributed by atoms with Gasteiger partial charge >= 0.3 is 12.3 Å². The zero-order valence-corrected chi connectivity index (χ0v) is 11.0. The molecule has 0 aliphatic carbocycles. The molecule has 1 atom stereocenters. The largest absolute Gasteiger partial charge is 0.373 e. The summed E-state index contributed by atoms with van der Waals surface area (Å²) in [6.45, 7) is 0.293. The number of aromatic nitrogens is 1. The first-order valence-electron chi connectivity index (χ1n) is 5.46. The number of nitrogens with zero attached hydrogens (tertiary/aromatic N) is 1. The fourth-order valence-corrected chi connectivity index (χ4v) is 2.13. The van der Waals surface area contributed by atoms with E-state index in [9.17, 15) is 17.6 Å². The summed E-state index contributed by atoms with van der Waals surface area (Å²) in [5, 5.41) is 2.61. The summed E-state index contributed by atoms with van der Waals surface area (Å²) >= 11 is 1.41. The molecule has 9 heteroatoms. The van der Waals surface area contributed by atoms with Crippen molar-refractivity contribution in [3.8, 4) is 0 Å². The molecule has 0 radical (unpaired) electrons. The molecule has 3 N–H and O–H groups in total. The molecule has 0 aromatic carbocycles. The summed E-state index contributed by atoms with van der Waals surface area (Å²) in [5.74, 6) is 1.11. The van der Waals surface area contributed by atoms with Crippen molar-refractivity contribution in [2.24, 2.45) is 5.84 Å². The molecular formula is C10H15F4N3OS. The third kappa shape index (κ3) is 5.39. The molecule has 1 rings (SSSR count). The van der Waals surface area contributed by atoms with Gasteiger partial charge in [0, 0.05) is 17.5 Å². The summed E-state index contributed by atoms with van der Waals surface area (Å²) in [5.41, 5.74) is 3.23. The molecular weight excluding hydrogens is 286 g/mol. The van der Waals surface area contributed by atoms with Gasteiger partial charge in [-0.1, -0.05) is 0 Å². The second-order valence-corrected chi connectivity index (χ2v) is 4.97. The van der Waals surface area contributed by atoms with Crippen LogP contribution in [0.5, 0.6) is 0 Å². The van der Waals surface area contributed by atoms with E-state index in [1.807, 2.05) is 12.3 Å². The van der Waals surface area contributed by atoms with Gasteiger partial charge in [0.1, 0.15) is 6.61 Å². The molecule has 1 unspecified atom stereocenters. The molecule has 4 nitrogen and oxygen atoms in total. The molecule has 0 spiro atoms. The molecule has 1 aromatic rings. The lowest BCUT2D eigenvalue weighted by atomic mass is 10.2. The maximum absolute atomic E-state index is 12.6. The van der Waals surface area contributed by atoms with Crippen LogP contribution in [0.15, 0.2) is 5.38 Å². The highest BCUT2D eigenvalue weighted by atomic mass is 32.1. The number of halogens is 4. The highest BCUT2D eigenvalue weighted by Crippen LogP contribution is 2.23. The zero-order valence-electron chi connectivity index (χ0n) is 10.2. The Morgan fingerprint density at radius 1 is 1.53 bits per heavy atom. The minimum atomic E-state index is -4.14. The van der Waals surface area contributed by atoms with Crippen molar-refractivity contribution >= 4 is 11.3 Å². The van der Waals surface area contributed by atoms with E-state index in [2.05, 4.69) is 15.1 Å². The van der Waals surface area contributed by atoms with Gasteiger partial charge < -0.3 is 4.74 Å². The van der Waals surface area contributed by atoms with Gasteiger partial charge in [0.05, 0.1) is 17.7 Å². The lowest BCUT2D eigenvalue weighted by Gasteiger charge is -2.18. The first-order chi connectivity index (χ1) is 8.85. The summed E-state index contributed by atoms with van der Waals surface area (Å²) in [6, 6.07) is -0.459. The van der Waals surface area contributed by atoms with Crippen LogP contribution in [-0.4, -0.2) is 36.6 Å². The number of thiazole rings is 1. The summed E-state index contributed by atoms with van der Waals surface area (Å²) in [6.07, 6.45) is -3.35. The van der Waals surface area contributed by atoms with E-state index in [0.29, 0.717) is 6.42 Å². The molecule has 0 fully saturated rings. The van der Waals surface area contributed by atoms with Gasteiger partial charge in [-0.15, -0.1) is 11.3 Å². The monoisotopic (exact) mass is 301 g/mol. The van der Waals surface area contributed by atoms with Crippen molar-refractivity contribution in [2.45, 2.75) is 31.7 Å². The highest BCUT2D eigenvalue weighted by molar-refractivity contribution is 7.09. The van der Waals surface area contributed by atoms with Gasteiger partial charge in [0.25, 0.3) is 0 Å². The fraction of sp³-hybridized carbons (Fsp3) is 0.700. The van der Waals surface area contributed by atoms with Crippen LogP contribution in [-0.2, 0) is 11.2 Å². The third-order valence-electron chi connectivity index (χ3n) is 2.26. The topological polar surface area (TPSA) is 60.2 Å². The summed E-state index contributed by atoms with van der Waals surface area (Å²) < 4.78 is 53.6. The lowest BCUT2D eigenvalue weighted by molar-refractivity contribution is -0.167. The van der Waals surface area contributed by atoms with Crippen LogP contribution >= 0.6 is 11.3 Å². The Morgan fingerprint density at radius 2 is 2.21 bits per heavy atom. The Hall–Kier alpha value is -0.770. The molecule has 0 aliphatic rings. The number of rotatable bonds is 8. The maximum atomic E-state index is 12.6. The van der Waals surface area contributed by atoms with E-state index in [4.69, 9.17) is 5.84 Å². The Balaban J connectivity index is 2.37. The summed E-state index contributed by atoms with van der Waals surface area (Å²) in [7, 11) is 0. The average Bonchev–Trinajstić information content (AvgIpc) is 2.73. The van der Waals surface area contributed by atoms with Crippen LogP contribution in [0, 0.1) is 6.92 Å². The molecule has 0 aliphatic heterocycles. The quantitative estimate of drug-likeness (QED) is 0.436. The zero-order chi connectivity index (χ0) is 14.5. The number of alkyl halides is 4. The maximum Gasteiger partial charge on any atom is 0.330 e. The van der Waals surface area contributed by atoms with E-state index >= 15 is 0 Å². The number of aryl methyl sites for hydroxylation is 1. The van der Waals surface area contributed by atoms with E-state index < -0.39 is 25.0 Å². The van der Waals surface area contributed by atoms with Gasteiger partial charge in [-0.25, -0.2) is 13.8 Å². The van der Waals surface area contributed by atoms with Crippen molar-refractivity contribution in [1.29, 1.82) is 0 Å². The number of hydrogen-bond acceptors (Lipinski definition) is 5. The van der Waals surface area contributed by atoms with Crippen LogP contribution in [0.1, 0.15) is 10.7 Å². The second kappa shape index (κ2) is 7.13. The van der Waals surface area contributed by atoms with Crippen LogP contribution < -0.4 is 11.3 Å². The van der Waals surface area contributed by atoms with Crippen molar-refractivity contribution in [2.75, 3.05) is 13.2 Å². The van der Waals surface area contributed by atoms with Gasteiger partial charge in [-0.2, -0.15) is 8.78 Å². The van der Waals surface area contributed by atoms with Crippen LogP contribution in [0.4, 0.5) is 17.6 Å². The number of hydrogen-bond donors (Lipinski definition) is 2. The van der Waals surface area contributed by atoms with Crippen LogP contribution in [0.25, 0.3) is 0 Å². The van der Waals surface area contributed by atoms with Crippen molar-refractivity contribution < 1.29 is 22.3 Å². The SMILES string of the molecule is Cc1csc(CC(COCC(F)(F)C(F)F)NN)n1. The van der Waals surface area contributed by atoms with Crippen LogP contribution in [0.3, 0.4) is 0 Å². The molecule has 19 heavy (non-hydrogen) atoms. The number of nitrogens with one attached hydrogen (secondary N) is 1. The predicted octanol–water partition coefficient (Wildman–Crippen LogP) is 1.74. The molecule has 0 bridgehead atoms. The van der Waals surface area contributed by atoms with E-state index in [-0.39, 0.29) is 6.61 Å². The van der Waals surface area contributed by atoms with E-state index in [0.717, 1.165) is 10.7 Å². The van der Waals surface area contributed by atoms with Gasteiger partial charge in [0.2, 0.25) is 0 Å².